The topological polar surface area (TPSA) is 46.9 Å². The Balaban J connectivity index is 2.12. The van der Waals surface area contributed by atoms with Crippen molar-refractivity contribution in [2.45, 2.75) is 5.33 Å². The predicted molar refractivity (Wildman–Crippen MR) is 70.2 cm³/mol. The lowest BCUT2D eigenvalue weighted by Crippen LogP contribution is -2.13. The van der Waals surface area contributed by atoms with Crippen LogP contribution in [0.2, 0.25) is 0 Å². The SMILES string of the molecule is Cn1ccc(C(=O)Nc2cccc(CBr)c2)n1. The molecule has 0 aliphatic carbocycles. The van der Waals surface area contributed by atoms with Crippen molar-refractivity contribution in [3.8, 4) is 0 Å². The minimum atomic E-state index is -0.197. The fraction of sp³-hybridized carbons (Fsp3) is 0.167. The Hall–Kier alpha value is -1.62. The van der Waals surface area contributed by atoms with Gasteiger partial charge in [0.2, 0.25) is 0 Å². The van der Waals surface area contributed by atoms with Gasteiger partial charge in [-0.2, -0.15) is 5.10 Å². The van der Waals surface area contributed by atoms with Crippen LogP contribution < -0.4 is 5.32 Å². The quantitative estimate of drug-likeness (QED) is 0.884. The van der Waals surface area contributed by atoms with E-state index in [2.05, 4.69) is 26.3 Å². The van der Waals surface area contributed by atoms with Gasteiger partial charge in [-0.1, -0.05) is 28.1 Å². The summed E-state index contributed by atoms with van der Waals surface area (Å²) in [6.45, 7) is 0. The summed E-state index contributed by atoms with van der Waals surface area (Å²) in [5.74, 6) is -0.197. The van der Waals surface area contributed by atoms with Crippen molar-refractivity contribution < 1.29 is 4.79 Å². The smallest absolute Gasteiger partial charge is 0.276 e. The van der Waals surface area contributed by atoms with Crippen LogP contribution in [0.4, 0.5) is 5.69 Å². The standard InChI is InChI=1S/C12H12BrN3O/c1-16-6-5-11(15-16)12(17)14-10-4-2-3-9(7-10)8-13/h2-7H,8H2,1H3,(H,14,17). The zero-order valence-electron chi connectivity index (χ0n) is 9.35. The third-order valence-electron chi connectivity index (χ3n) is 2.29. The molecule has 2 rings (SSSR count). The Bertz CT molecular complexity index is 536. The van der Waals surface area contributed by atoms with E-state index in [-0.39, 0.29) is 5.91 Å². The van der Waals surface area contributed by atoms with Crippen molar-refractivity contribution in [3.05, 3.63) is 47.8 Å². The summed E-state index contributed by atoms with van der Waals surface area (Å²) in [6, 6.07) is 9.36. The van der Waals surface area contributed by atoms with Gasteiger partial charge in [-0.05, 0) is 23.8 Å². The van der Waals surface area contributed by atoms with Gasteiger partial charge in [0.15, 0.2) is 5.69 Å². The number of nitrogens with zero attached hydrogens (tertiary/aromatic N) is 2. The Morgan fingerprint density at radius 3 is 2.94 bits per heavy atom. The molecule has 88 valence electrons. The second kappa shape index (κ2) is 5.14. The Morgan fingerprint density at radius 2 is 2.29 bits per heavy atom. The molecule has 2 aromatic rings. The first-order valence-corrected chi connectivity index (χ1v) is 6.27. The molecule has 0 spiro atoms. The number of alkyl halides is 1. The lowest BCUT2D eigenvalue weighted by Gasteiger charge is -2.04. The molecule has 1 N–H and O–H groups in total. The molecule has 5 heteroatoms. The number of aryl methyl sites for hydroxylation is 1. The number of aromatic nitrogens is 2. The highest BCUT2D eigenvalue weighted by atomic mass is 79.9. The van der Waals surface area contributed by atoms with Crippen LogP contribution in [0.5, 0.6) is 0 Å². The molecule has 0 bridgehead atoms. The first-order chi connectivity index (χ1) is 8.19. The van der Waals surface area contributed by atoms with E-state index in [9.17, 15) is 4.79 Å². The Kier molecular flexibility index (Phi) is 3.58. The molecule has 0 aliphatic rings. The number of rotatable bonds is 3. The third-order valence-corrected chi connectivity index (χ3v) is 2.93. The maximum absolute atomic E-state index is 11.8. The highest BCUT2D eigenvalue weighted by Gasteiger charge is 2.08. The maximum atomic E-state index is 11.8. The molecular weight excluding hydrogens is 282 g/mol. The molecule has 0 saturated carbocycles. The summed E-state index contributed by atoms with van der Waals surface area (Å²) in [7, 11) is 1.78. The number of amides is 1. The lowest BCUT2D eigenvalue weighted by molar-refractivity contribution is 0.102. The van der Waals surface area contributed by atoms with Crippen LogP contribution in [-0.2, 0) is 12.4 Å². The molecular formula is C12H12BrN3O. The largest absolute Gasteiger partial charge is 0.321 e. The molecule has 0 aliphatic heterocycles. The van der Waals surface area contributed by atoms with E-state index in [1.165, 1.54) is 0 Å². The Labute approximate surface area is 108 Å². The van der Waals surface area contributed by atoms with Crippen LogP contribution in [0.25, 0.3) is 0 Å². The van der Waals surface area contributed by atoms with E-state index in [1.807, 2.05) is 24.3 Å². The van der Waals surface area contributed by atoms with Gasteiger partial charge < -0.3 is 5.32 Å². The predicted octanol–water partition coefficient (Wildman–Crippen LogP) is 2.57. The molecule has 0 saturated heterocycles. The van der Waals surface area contributed by atoms with E-state index in [4.69, 9.17) is 0 Å². The van der Waals surface area contributed by atoms with Crippen LogP contribution >= 0.6 is 15.9 Å². The van der Waals surface area contributed by atoms with Gasteiger partial charge in [0.05, 0.1) is 0 Å². The first kappa shape index (κ1) is 11.9. The van der Waals surface area contributed by atoms with Gasteiger partial charge in [0.1, 0.15) is 0 Å². The van der Waals surface area contributed by atoms with Gasteiger partial charge in [0, 0.05) is 24.3 Å². The molecule has 0 unspecified atom stereocenters. The van der Waals surface area contributed by atoms with Crippen molar-refractivity contribution in [2.24, 2.45) is 7.05 Å². The van der Waals surface area contributed by atoms with Crippen LogP contribution in [0, 0.1) is 0 Å². The average Bonchev–Trinajstić information content (AvgIpc) is 2.76. The maximum Gasteiger partial charge on any atom is 0.276 e. The lowest BCUT2D eigenvalue weighted by atomic mass is 10.2. The van der Waals surface area contributed by atoms with Gasteiger partial charge in [-0.15, -0.1) is 0 Å². The number of anilines is 1. The number of nitrogens with one attached hydrogen (secondary N) is 1. The number of hydrogen-bond donors (Lipinski definition) is 1. The highest BCUT2D eigenvalue weighted by molar-refractivity contribution is 9.08. The molecule has 0 fully saturated rings. The normalized spacial score (nSPS) is 10.2. The van der Waals surface area contributed by atoms with Gasteiger partial charge in [0.25, 0.3) is 5.91 Å². The molecule has 1 aromatic carbocycles. The van der Waals surface area contributed by atoms with Crippen LogP contribution in [0.3, 0.4) is 0 Å². The molecule has 17 heavy (non-hydrogen) atoms. The molecule has 1 heterocycles. The average molecular weight is 294 g/mol. The van der Waals surface area contributed by atoms with Crippen LogP contribution in [0.15, 0.2) is 36.5 Å². The monoisotopic (exact) mass is 293 g/mol. The minimum Gasteiger partial charge on any atom is -0.321 e. The molecule has 1 amide bonds. The summed E-state index contributed by atoms with van der Waals surface area (Å²) in [4.78, 5) is 11.8. The van der Waals surface area contributed by atoms with Crippen LogP contribution in [0.1, 0.15) is 16.1 Å². The zero-order chi connectivity index (χ0) is 12.3. The van der Waals surface area contributed by atoms with Gasteiger partial charge in [-0.25, -0.2) is 0 Å². The van der Waals surface area contributed by atoms with Crippen molar-refractivity contribution in [1.82, 2.24) is 9.78 Å². The van der Waals surface area contributed by atoms with Crippen LogP contribution in [-0.4, -0.2) is 15.7 Å². The van der Waals surface area contributed by atoms with Crippen molar-refractivity contribution >= 4 is 27.5 Å². The van der Waals surface area contributed by atoms with E-state index >= 15 is 0 Å². The van der Waals surface area contributed by atoms with E-state index < -0.39 is 0 Å². The second-order valence-electron chi connectivity index (χ2n) is 3.66. The number of carbonyl (C=O) groups is 1. The first-order valence-electron chi connectivity index (χ1n) is 5.15. The van der Waals surface area contributed by atoms with Gasteiger partial charge in [-0.3, -0.25) is 9.48 Å². The number of halogens is 1. The summed E-state index contributed by atoms with van der Waals surface area (Å²) in [5, 5.41) is 7.62. The molecule has 0 atom stereocenters. The number of hydrogen-bond acceptors (Lipinski definition) is 2. The Morgan fingerprint density at radius 1 is 1.47 bits per heavy atom. The highest BCUT2D eigenvalue weighted by Crippen LogP contribution is 2.13. The van der Waals surface area contributed by atoms with Gasteiger partial charge >= 0.3 is 0 Å². The zero-order valence-corrected chi connectivity index (χ0v) is 10.9. The summed E-state index contributed by atoms with van der Waals surface area (Å²) < 4.78 is 1.60. The fourth-order valence-electron chi connectivity index (χ4n) is 1.46. The molecule has 1 aromatic heterocycles. The van der Waals surface area contributed by atoms with E-state index in [1.54, 1.807) is 24.0 Å². The summed E-state index contributed by atoms with van der Waals surface area (Å²) in [5.41, 5.74) is 2.30. The van der Waals surface area contributed by atoms with E-state index in [0.29, 0.717) is 5.69 Å². The minimum absolute atomic E-state index is 0.197. The van der Waals surface area contributed by atoms with E-state index in [0.717, 1.165) is 16.6 Å². The van der Waals surface area contributed by atoms with Crippen molar-refractivity contribution in [1.29, 1.82) is 0 Å². The fourth-order valence-corrected chi connectivity index (χ4v) is 1.81. The third kappa shape index (κ3) is 2.94. The van der Waals surface area contributed by atoms with Crippen molar-refractivity contribution in [2.75, 3.05) is 5.32 Å². The summed E-state index contributed by atoms with van der Waals surface area (Å²) >= 11 is 3.38. The second-order valence-corrected chi connectivity index (χ2v) is 4.22. The molecule has 4 nitrogen and oxygen atoms in total. The summed E-state index contributed by atoms with van der Waals surface area (Å²) in [6.07, 6.45) is 1.74. The number of carbonyl (C=O) groups excluding carboxylic acids is 1. The number of benzene rings is 1. The van der Waals surface area contributed by atoms with Crippen molar-refractivity contribution in [3.63, 3.8) is 0 Å². The molecule has 0 radical (unpaired) electrons.